The molecule has 5 aromatic rings. The molecule has 5 rings (SSSR count). The van der Waals surface area contributed by atoms with Crippen LogP contribution in [-0.4, -0.2) is 29.1 Å². The zero-order chi connectivity index (χ0) is 22.6. The maximum Gasteiger partial charge on any atom is 0.132 e. The van der Waals surface area contributed by atoms with Crippen molar-refractivity contribution in [3.8, 4) is 16.9 Å². The van der Waals surface area contributed by atoms with Crippen LogP contribution in [0.25, 0.3) is 32.7 Å². The Morgan fingerprint density at radius 3 is 2.18 bits per heavy atom. The van der Waals surface area contributed by atoms with Crippen LogP contribution in [0.4, 0.5) is 0 Å². The number of aromatic hydroxyl groups is 1. The van der Waals surface area contributed by atoms with Gasteiger partial charge in [0.1, 0.15) is 5.75 Å². The molecule has 1 unspecified atom stereocenters. The number of fused-ring (bicyclic) bond motifs is 2. The van der Waals surface area contributed by atoms with Gasteiger partial charge in [0.15, 0.2) is 0 Å². The van der Waals surface area contributed by atoms with Crippen molar-refractivity contribution in [2.24, 2.45) is 4.99 Å². The van der Waals surface area contributed by atoms with E-state index in [2.05, 4.69) is 29.3 Å². The van der Waals surface area contributed by atoms with Gasteiger partial charge in [-0.3, -0.25) is 4.99 Å². The number of aliphatic hydroxyl groups is 1. The highest BCUT2D eigenvalue weighted by atomic mass is 16.3. The van der Waals surface area contributed by atoms with Crippen LogP contribution < -0.4 is 0 Å². The van der Waals surface area contributed by atoms with E-state index >= 15 is 0 Å². The molecule has 0 aliphatic heterocycles. The molecule has 2 N–H and O–H groups in total. The maximum absolute atomic E-state index is 11.4. The molecule has 33 heavy (non-hydrogen) atoms. The Morgan fingerprint density at radius 1 is 0.727 bits per heavy atom. The summed E-state index contributed by atoms with van der Waals surface area (Å²) in [4.78, 5) is 4.64. The highest BCUT2D eigenvalue weighted by Crippen LogP contribution is 2.41. The van der Waals surface area contributed by atoms with E-state index in [0.717, 1.165) is 38.2 Å². The van der Waals surface area contributed by atoms with Crippen LogP contribution in [0.1, 0.15) is 11.1 Å². The Labute approximate surface area is 193 Å². The fraction of sp³-hybridized carbons (Fsp3) is 0.100. The first-order chi connectivity index (χ1) is 16.2. The minimum absolute atomic E-state index is 0.0596. The molecule has 3 nitrogen and oxygen atoms in total. The third-order valence-corrected chi connectivity index (χ3v) is 6.06. The van der Waals surface area contributed by atoms with Gasteiger partial charge in [-0.25, -0.2) is 0 Å². The SMILES string of the molecule is OCC(Cc1ccccc1)N=Cc1cc2ccccc2c(-c2cccc3ccccc23)c1O. The highest BCUT2D eigenvalue weighted by molar-refractivity contribution is 6.10. The molecule has 3 heteroatoms. The third-order valence-electron chi connectivity index (χ3n) is 6.06. The Morgan fingerprint density at radius 2 is 1.39 bits per heavy atom. The summed E-state index contributed by atoms with van der Waals surface area (Å²) >= 11 is 0. The zero-order valence-electron chi connectivity index (χ0n) is 18.2. The van der Waals surface area contributed by atoms with Crippen LogP contribution in [0.15, 0.2) is 108 Å². The zero-order valence-corrected chi connectivity index (χ0v) is 18.2. The number of hydrogen-bond donors (Lipinski definition) is 2. The summed E-state index contributed by atoms with van der Waals surface area (Å²) in [6.45, 7) is -0.0596. The molecule has 0 radical (unpaired) electrons. The number of aliphatic hydroxyl groups excluding tert-OH is 1. The van der Waals surface area contributed by atoms with E-state index in [9.17, 15) is 10.2 Å². The van der Waals surface area contributed by atoms with Gasteiger partial charge in [-0.05, 0) is 45.2 Å². The predicted octanol–water partition coefficient (Wildman–Crippen LogP) is 6.39. The second-order valence-electron chi connectivity index (χ2n) is 8.24. The van der Waals surface area contributed by atoms with Gasteiger partial charge in [0.05, 0.1) is 12.6 Å². The number of phenols is 1. The smallest absolute Gasteiger partial charge is 0.132 e. The number of benzene rings is 5. The Bertz CT molecular complexity index is 1440. The second kappa shape index (κ2) is 9.27. The van der Waals surface area contributed by atoms with Gasteiger partial charge in [0, 0.05) is 17.3 Å². The van der Waals surface area contributed by atoms with Crippen molar-refractivity contribution in [1.82, 2.24) is 0 Å². The van der Waals surface area contributed by atoms with Gasteiger partial charge in [0.2, 0.25) is 0 Å². The lowest BCUT2D eigenvalue weighted by molar-refractivity contribution is 0.266. The summed E-state index contributed by atoms with van der Waals surface area (Å²) < 4.78 is 0. The van der Waals surface area contributed by atoms with Gasteiger partial charge in [-0.2, -0.15) is 0 Å². The average Bonchev–Trinajstić information content (AvgIpc) is 2.87. The molecule has 0 spiro atoms. The lowest BCUT2D eigenvalue weighted by Gasteiger charge is -2.15. The molecule has 1 atom stereocenters. The minimum Gasteiger partial charge on any atom is -0.507 e. The van der Waals surface area contributed by atoms with E-state index in [1.165, 1.54) is 0 Å². The van der Waals surface area contributed by atoms with Crippen LogP contribution in [0.2, 0.25) is 0 Å². The van der Waals surface area contributed by atoms with Crippen molar-refractivity contribution in [2.45, 2.75) is 12.5 Å². The van der Waals surface area contributed by atoms with E-state index in [-0.39, 0.29) is 18.4 Å². The van der Waals surface area contributed by atoms with Crippen molar-refractivity contribution in [3.05, 3.63) is 114 Å². The molecular weight excluding hydrogens is 406 g/mol. The summed E-state index contributed by atoms with van der Waals surface area (Å²) in [6, 6.07) is 34.1. The van der Waals surface area contributed by atoms with Crippen LogP contribution in [0.5, 0.6) is 5.75 Å². The maximum atomic E-state index is 11.4. The first kappa shape index (κ1) is 20.9. The number of aliphatic imine (C=N–C) groups is 1. The largest absolute Gasteiger partial charge is 0.507 e. The lowest BCUT2D eigenvalue weighted by Crippen LogP contribution is -2.14. The first-order valence-electron chi connectivity index (χ1n) is 11.2. The molecule has 162 valence electrons. The van der Waals surface area contributed by atoms with Crippen LogP contribution >= 0.6 is 0 Å². The fourth-order valence-corrected chi connectivity index (χ4v) is 4.41. The molecule has 0 aliphatic rings. The van der Waals surface area contributed by atoms with Crippen LogP contribution in [0, 0.1) is 0 Å². The normalized spacial score (nSPS) is 12.5. The number of rotatable bonds is 6. The molecule has 0 saturated carbocycles. The highest BCUT2D eigenvalue weighted by Gasteiger charge is 2.16. The van der Waals surface area contributed by atoms with Crippen molar-refractivity contribution in [2.75, 3.05) is 6.61 Å². The number of nitrogens with zero attached hydrogens (tertiary/aromatic N) is 1. The van der Waals surface area contributed by atoms with Crippen molar-refractivity contribution in [1.29, 1.82) is 0 Å². The summed E-state index contributed by atoms with van der Waals surface area (Å²) in [5.41, 5.74) is 3.55. The van der Waals surface area contributed by atoms with Crippen molar-refractivity contribution in [3.63, 3.8) is 0 Å². The van der Waals surface area contributed by atoms with Gasteiger partial charge < -0.3 is 10.2 Å². The van der Waals surface area contributed by atoms with E-state index in [4.69, 9.17) is 0 Å². The minimum atomic E-state index is -0.278. The summed E-state index contributed by atoms with van der Waals surface area (Å²) in [7, 11) is 0. The summed E-state index contributed by atoms with van der Waals surface area (Å²) in [5, 5.41) is 25.5. The standard InChI is InChI=1S/C30H25NO2/c32-20-25(17-21-9-2-1-3-10-21)31-19-24-18-23-12-5-7-15-27(23)29(30(24)33)28-16-8-13-22-11-4-6-14-26(22)28/h1-16,18-19,25,32-33H,17,20H2. The van der Waals surface area contributed by atoms with E-state index < -0.39 is 0 Å². The molecule has 0 aromatic heterocycles. The van der Waals surface area contributed by atoms with Crippen molar-refractivity contribution >= 4 is 27.8 Å². The quantitative estimate of drug-likeness (QED) is 0.306. The van der Waals surface area contributed by atoms with E-state index in [1.54, 1.807) is 6.21 Å². The molecule has 0 amide bonds. The Hall–Kier alpha value is -3.95. The van der Waals surface area contributed by atoms with Crippen molar-refractivity contribution < 1.29 is 10.2 Å². The molecule has 0 saturated heterocycles. The monoisotopic (exact) mass is 431 g/mol. The summed E-state index contributed by atoms with van der Waals surface area (Å²) in [5.74, 6) is 0.199. The predicted molar refractivity (Wildman–Crippen MR) is 137 cm³/mol. The number of phenolic OH excluding ortho intramolecular Hbond substituents is 1. The molecule has 5 aromatic carbocycles. The lowest BCUT2D eigenvalue weighted by atomic mass is 9.91. The van der Waals surface area contributed by atoms with Gasteiger partial charge in [0.25, 0.3) is 0 Å². The molecular formula is C30H25NO2. The molecule has 0 bridgehead atoms. The summed E-state index contributed by atoms with van der Waals surface area (Å²) in [6.07, 6.45) is 2.33. The van der Waals surface area contributed by atoms with Crippen LogP contribution in [0.3, 0.4) is 0 Å². The van der Waals surface area contributed by atoms with Gasteiger partial charge in [-0.15, -0.1) is 0 Å². The third kappa shape index (κ3) is 4.23. The fourth-order valence-electron chi connectivity index (χ4n) is 4.41. The topological polar surface area (TPSA) is 52.8 Å². The van der Waals surface area contributed by atoms with Gasteiger partial charge >= 0.3 is 0 Å². The molecule has 0 fully saturated rings. The Balaban J connectivity index is 1.62. The average molecular weight is 432 g/mol. The van der Waals surface area contributed by atoms with E-state index in [0.29, 0.717) is 12.0 Å². The van der Waals surface area contributed by atoms with Gasteiger partial charge in [-0.1, -0.05) is 97.1 Å². The van der Waals surface area contributed by atoms with Crippen LogP contribution in [-0.2, 0) is 6.42 Å². The Kier molecular flexibility index (Phi) is 5.88. The molecule has 0 aliphatic carbocycles. The van der Waals surface area contributed by atoms with E-state index in [1.807, 2.05) is 78.9 Å². The second-order valence-corrected chi connectivity index (χ2v) is 8.24. The first-order valence-corrected chi connectivity index (χ1v) is 11.2. The molecule has 0 heterocycles. The number of hydrogen-bond acceptors (Lipinski definition) is 3.